The van der Waals surface area contributed by atoms with E-state index in [2.05, 4.69) is 5.16 Å². The topological polar surface area (TPSA) is 66.7 Å². The summed E-state index contributed by atoms with van der Waals surface area (Å²) in [6.45, 7) is 5.46. The van der Waals surface area contributed by atoms with Crippen molar-refractivity contribution in [2.24, 2.45) is 0 Å². The predicted molar refractivity (Wildman–Crippen MR) is 66.3 cm³/mol. The number of nitrogens with zero attached hydrogens (tertiary/aromatic N) is 3. The van der Waals surface area contributed by atoms with Gasteiger partial charge in [-0.3, -0.25) is 9.69 Å². The average molecular weight is 253 g/mol. The van der Waals surface area contributed by atoms with Crippen LogP contribution >= 0.6 is 0 Å². The molecule has 0 radical (unpaired) electrons. The molecule has 0 fully saturated rings. The molecule has 1 rings (SSSR count). The summed E-state index contributed by atoms with van der Waals surface area (Å²) in [6, 6.07) is 0.964. The van der Waals surface area contributed by atoms with Crippen LogP contribution in [0, 0.1) is 0 Å². The molecule has 100 valence electrons. The van der Waals surface area contributed by atoms with E-state index in [1.54, 1.807) is 34.0 Å². The lowest BCUT2D eigenvalue weighted by atomic mass is 10.2. The standard InChI is InChI=1S/C12H19N3O3/c1-6-9-7-10(13-18-9)11(16)15(8(2)3)12(17)14(4)5/h7-8H,6H2,1-5H3. The Balaban J connectivity index is 3.00. The fraction of sp³-hybridized carbons (Fsp3) is 0.583. The van der Waals surface area contributed by atoms with Crippen molar-refractivity contribution in [1.82, 2.24) is 15.0 Å². The second kappa shape index (κ2) is 5.66. The highest BCUT2D eigenvalue weighted by atomic mass is 16.5. The summed E-state index contributed by atoms with van der Waals surface area (Å²) in [7, 11) is 3.20. The number of hydrogen-bond acceptors (Lipinski definition) is 4. The SMILES string of the molecule is CCc1cc(C(=O)N(C(=O)N(C)C)C(C)C)no1. The number of urea groups is 1. The molecule has 0 spiro atoms. The number of aryl methyl sites for hydroxylation is 1. The molecule has 0 saturated carbocycles. The third-order valence-corrected chi connectivity index (χ3v) is 2.45. The second-order valence-electron chi connectivity index (χ2n) is 4.48. The first-order valence-electron chi connectivity index (χ1n) is 5.88. The monoisotopic (exact) mass is 253 g/mol. The molecule has 0 saturated heterocycles. The van der Waals surface area contributed by atoms with Gasteiger partial charge in [-0.2, -0.15) is 0 Å². The molecule has 0 bridgehead atoms. The van der Waals surface area contributed by atoms with Gasteiger partial charge in [0.2, 0.25) is 0 Å². The Morgan fingerprint density at radius 1 is 1.39 bits per heavy atom. The van der Waals surface area contributed by atoms with E-state index >= 15 is 0 Å². The number of amides is 3. The molecular formula is C12H19N3O3. The summed E-state index contributed by atoms with van der Waals surface area (Å²) < 4.78 is 4.98. The zero-order chi connectivity index (χ0) is 13.9. The molecule has 6 nitrogen and oxygen atoms in total. The average Bonchev–Trinajstić information content (AvgIpc) is 2.76. The van der Waals surface area contributed by atoms with E-state index in [0.717, 1.165) is 4.90 Å². The molecule has 3 amide bonds. The normalized spacial score (nSPS) is 10.6. The molecule has 0 aliphatic rings. The van der Waals surface area contributed by atoms with Crippen molar-refractivity contribution in [3.8, 4) is 0 Å². The molecule has 0 N–H and O–H groups in total. The van der Waals surface area contributed by atoms with Gasteiger partial charge in [-0.25, -0.2) is 4.79 Å². The van der Waals surface area contributed by atoms with E-state index in [1.807, 2.05) is 6.92 Å². The van der Waals surface area contributed by atoms with Crippen LogP contribution in [0.15, 0.2) is 10.6 Å². The third-order valence-electron chi connectivity index (χ3n) is 2.45. The summed E-state index contributed by atoms with van der Waals surface area (Å²) in [5, 5.41) is 3.70. The molecule has 0 aliphatic heterocycles. The van der Waals surface area contributed by atoms with Crippen LogP contribution in [0.3, 0.4) is 0 Å². The Morgan fingerprint density at radius 2 is 2.00 bits per heavy atom. The van der Waals surface area contributed by atoms with Gasteiger partial charge in [-0.05, 0) is 13.8 Å². The molecular weight excluding hydrogens is 234 g/mol. The number of hydrogen-bond donors (Lipinski definition) is 0. The molecule has 0 aliphatic carbocycles. The van der Waals surface area contributed by atoms with Crippen LogP contribution in [0.2, 0.25) is 0 Å². The van der Waals surface area contributed by atoms with Crippen molar-refractivity contribution in [2.75, 3.05) is 14.1 Å². The van der Waals surface area contributed by atoms with Crippen molar-refractivity contribution < 1.29 is 14.1 Å². The third kappa shape index (κ3) is 2.88. The summed E-state index contributed by atoms with van der Waals surface area (Å²) in [4.78, 5) is 26.7. The number of carbonyl (C=O) groups is 2. The fourth-order valence-electron chi connectivity index (χ4n) is 1.46. The first kappa shape index (κ1) is 14.2. The maximum Gasteiger partial charge on any atom is 0.326 e. The molecule has 0 unspecified atom stereocenters. The van der Waals surface area contributed by atoms with Gasteiger partial charge >= 0.3 is 6.03 Å². The van der Waals surface area contributed by atoms with E-state index in [4.69, 9.17) is 4.52 Å². The van der Waals surface area contributed by atoms with Gasteiger partial charge < -0.3 is 9.42 Å². The van der Waals surface area contributed by atoms with Crippen LogP contribution in [-0.4, -0.2) is 47.0 Å². The number of rotatable bonds is 3. The first-order valence-corrected chi connectivity index (χ1v) is 5.88. The van der Waals surface area contributed by atoms with Crippen molar-refractivity contribution >= 4 is 11.9 Å². The number of carbonyl (C=O) groups excluding carboxylic acids is 2. The number of imide groups is 1. The highest BCUT2D eigenvalue weighted by Crippen LogP contribution is 2.11. The first-order chi connectivity index (χ1) is 8.38. The summed E-state index contributed by atoms with van der Waals surface area (Å²) in [6.07, 6.45) is 0.656. The van der Waals surface area contributed by atoms with Gasteiger partial charge in [0.25, 0.3) is 5.91 Å². The van der Waals surface area contributed by atoms with Crippen molar-refractivity contribution in [1.29, 1.82) is 0 Å². The maximum absolute atomic E-state index is 12.2. The molecule has 1 heterocycles. The molecule has 0 aromatic carbocycles. The molecule has 0 atom stereocenters. The lowest BCUT2D eigenvalue weighted by Crippen LogP contribution is -2.47. The Kier molecular flexibility index (Phi) is 4.47. The smallest absolute Gasteiger partial charge is 0.326 e. The van der Waals surface area contributed by atoms with Crippen LogP contribution in [0.5, 0.6) is 0 Å². The minimum atomic E-state index is -0.438. The van der Waals surface area contributed by atoms with Crippen molar-refractivity contribution in [3.63, 3.8) is 0 Å². The highest BCUT2D eigenvalue weighted by molar-refractivity contribution is 6.03. The van der Waals surface area contributed by atoms with Gasteiger partial charge in [0.15, 0.2) is 5.69 Å². The predicted octanol–water partition coefficient (Wildman–Crippen LogP) is 1.77. The van der Waals surface area contributed by atoms with Crippen LogP contribution in [0.4, 0.5) is 4.79 Å². The zero-order valence-corrected chi connectivity index (χ0v) is 11.4. The van der Waals surface area contributed by atoms with Crippen LogP contribution in [-0.2, 0) is 6.42 Å². The molecule has 1 aromatic heterocycles. The van der Waals surface area contributed by atoms with E-state index in [1.165, 1.54) is 4.90 Å². The largest absolute Gasteiger partial charge is 0.361 e. The zero-order valence-electron chi connectivity index (χ0n) is 11.4. The van der Waals surface area contributed by atoms with Gasteiger partial charge in [0, 0.05) is 32.6 Å². The van der Waals surface area contributed by atoms with E-state index in [-0.39, 0.29) is 17.8 Å². The van der Waals surface area contributed by atoms with Gasteiger partial charge in [-0.1, -0.05) is 12.1 Å². The lowest BCUT2D eigenvalue weighted by molar-refractivity contribution is 0.0723. The summed E-state index contributed by atoms with van der Waals surface area (Å²) >= 11 is 0. The molecule has 1 aromatic rings. The Morgan fingerprint density at radius 3 is 2.39 bits per heavy atom. The fourth-order valence-corrected chi connectivity index (χ4v) is 1.46. The van der Waals surface area contributed by atoms with Crippen LogP contribution in [0.1, 0.15) is 37.0 Å². The van der Waals surface area contributed by atoms with Gasteiger partial charge in [0.1, 0.15) is 5.76 Å². The quantitative estimate of drug-likeness (QED) is 0.823. The van der Waals surface area contributed by atoms with E-state index < -0.39 is 5.91 Å². The van der Waals surface area contributed by atoms with E-state index in [0.29, 0.717) is 12.2 Å². The van der Waals surface area contributed by atoms with Crippen molar-refractivity contribution in [3.05, 3.63) is 17.5 Å². The highest BCUT2D eigenvalue weighted by Gasteiger charge is 2.29. The lowest BCUT2D eigenvalue weighted by Gasteiger charge is -2.26. The summed E-state index contributed by atoms with van der Waals surface area (Å²) in [5.74, 6) is 0.187. The van der Waals surface area contributed by atoms with Crippen molar-refractivity contribution in [2.45, 2.75) is 33.2 Å². The maximum atomic E-state index is 12.2. The minimum absolute atomic E-state index is 0.163. The van der Waals surface area contributed by atoms with Gasteiger partial charge in [0.05, 0.1) is 0 Å². The van der Waals surface area contributed by atoms with E-state index in [9.17, 15) is 9.59 Å². The van der Waals surface area contributed by atoms with Crippen LogP contribution in [0.25, 0.3) is 0 Å². The Bertz CT molecular complexity index is 438. The Labute approximate surface area is 107 Å². The Hall–Kier alpha value is -1.85. The second-order valence-corrected chi connectivity index (χ2v) is 4.48. The van der Waals surface area contributed by atoms with Crippen LogP contribution < -0.4 is 0 Å². The minimum Gasteiger partial charge on any atom is -0.361 e. The molecule has 6 heteroatoms. The number of aromatic nitrogens is 1. The molecule has 18 heavy (non-hydrogen) atoms. The summed E-state index contributed by atoms with van der Waals surface area (Å²) in [5.41, 5.74) is 0.163. The van der Waals surface area contributed by atoms with Gasteiger partial charge in [-0.15, -0.1) is 0 Å².